The Bertz CT molecular complexity index is 283. The summed E-state index contributed by atoms with van der Waals surface area (Å²) < 4.78 is 0. The molecule has 3 nitrogen and oxygen atoms in total. The molecule has 0 atom stereocenters. The van der Waals surface area contributed by atoms with Gasteiger partial charge in [-0.15, -0.1) is 0 Å². The third kappa shape index (κ3) is 1.85. The van der Waals surface area contributed by atoms with Crippen LogP contribution >= 0.6 is 11.6 Å². The van der Waals surface area contributed by atoms with E-state index in [-0.39, 0.29) is 5.84 Å². The van der Waals surface area contributed by atoms with Crippen LogP contribution in [0, 0.1) is 0 Å². The second kappa shape index (κ2) is 3.25. The van der Waals surface area contributed by atoms with Gasteiger partial charge < -0.3 is 11.6 Å². The number of nitrogens with two attached hydrogens (primary N) is 2. The summed E-state index contributed by atoms with van der Waals surface area (Å²) in [4.78, 5) is 0. The largest absolute Gasteiger partial charge is 0.382 e. The molecule has 0 unspecified atom stereocenters. The molecule has 0 saturated heterocycles. The summed E-state index contributed by atoms with van der Waals surface area (Å²) >= 11 is 5.69. The minimum Gasteiger partial charge on any atom is -0.382 e. The van der Waals surface area contributed by atoms with Gasteiger partial charge in [-0.2, -0.15) is 5.10 Å². The van der Waals surface area contributed by atoms with Crippen LogP contribution < -0.4 is 11.6 Å². The van der Waals surface area contributed by atoms with Gasteiger partial charge in [0.1, 0.15) is 5.84 Å². The molecule has 1 rings (SSSR count). The standard InChI is InChI=1S/C7H8ClN3/c8-6-3-1-2-5(4-6)7(9)11-10/h1-4H,10H2,(H2,9,11). The topological polar surface area (TPSA) is 64.4 Å². The summed E-state index contributed by atoms with van der Waals surface area (Å²) in [6.07, 6.45) is 0. The van der Waals surface area contributed by atoms with E-state index >= 15 is 0 Å². The normalized spacial score (nSPS) is 11.5. The Labute approximate surface area is 69.6 Å². The average Bonchev–Trinajstić information content (AvgIpc) is 2.03. The molecule has 0 saturated carbocycles. The van der Waals surface area contributed by atoms with Crippen molar-refractivity contribution in [2.75, 3.05) is 0 Å². The second-order valence-electron chi connectivity index (χ2n) is 2.02. The van der Waals surface area contributed by atoms with Crippen LogP contribution in [0.3, 0.4) is 0 Å². The summed E-state index contributed by atoms with van der Waals surface area (Å²) in [6.45, 7) is 0. The van der Waals surface area contributed by atoms with Crippen LogP contribution in [-0.2, 0) is 0 Å². The van der Waals surface area contributed by atoms with E-state index < -0.39 is 0 Å². The molecule has 4 N–H and O–H groups in total. The lowest BCUT2D eigenvalue weighted by atomic mass is 10.2. The van der Waals surface area contributed by atoms with Crippen molar-refractivity contribution in [2.45, 2.75) is 0 Å². The highest BCUT2D eigenvalue weighted by molar-refractivity contribution is 6.31. The summed E-state index contributed by atoms with van der Waals surface area (Å²) in [5, 5.41) is 3.96. The molecular weight excluding hydrogens is 162 g/mol. The molecular formula is C7H8ClN3. The minimum absolute atomic E-state index is 0.285. The SMILES string of the molecule is NN=C(N)c1cccc(Cl)c1. The number of hydrogen-bond donors (Lipinski definition) is 2. The molecule has 0 bridgehead atoms. The first-order valence-corrected chi connectivity index (χ1v) is 3.41. The van der Waals surface area contributed by atoms with Crippen molar-refractivity contribution in [3.05, 3.63) is 34.9 Å². The maximum Gasteiger partial charge on any atom is 0.150 e. The Kier molecular flexibility index (Phi) is 2.33. The zero-order valence-electron chi connectivity index (χ0n) is 5.79. The lowest BCUT2D eigenvalue weighted by Gasteiger charge is -1.97. The molecule has 1 aromatic rings. The first-order chi connectivity index (χ1) is 5.24. The van der Waals surface area contributed by atoms with Crippen LogP contribution in [0.25, 0.3) is 0 Å². The molecule has 0 aliphatic carbocycles. The monoisotopic (exact) mass is 169 g/mol. The molecule has 58 valence electrons. The van der Waals surface area contributed by atoms with Crippen molar-refractivity contribution < 1.29 is 0 Å². The fourth-order valence-corrected chi connectivity index (χ4v) is 0.913. The summed E-state index contributed by atoms with van der Waals surface area (Å²) in [7, 11) is 0. The molecule has 4 heteroatoms. The Morgan fingerprint density at radius 1 is 1.45 bits per heavy atom. The van der Waals surface area contributed by atoms with E-state index in [1.807, 2.05) is 0 Å². The Hall–Kier alpha value is -1.22. The van der Waals surface area contributed by atoms with Crippen molar-refractivity contribution in [2.24, 2.45) is 16.7 Å². The van der Waals surface area contributed by atoms with Crippen molar-refractivity contribution in [3.63, 3.8) is 0 Å². The predicted octanol–water partition coefficient (Wildman–Crippen LogP) is 0.919. The fourth-order valence-electron chi connectivity index (χ4n) is 0.722. The molecule has 0 aliphatic heterocycles. The summed E-state index contributed by atoms with van der Waals surface area (Å²) in [6, 6.07) is 7.04. The number of halogens is 1. The molecule has 0 spiro atoms. The highest BCUT2D eigenvalue weighted by Crippen LogP contribution is 2.09. The first-order valence-electron chi connectivity index (χ1n) is 3.03. The number of nitrogens with zero attached hydrogens (tertiary/aromatic N) is 1. The second-order valence-corrected chi connectivity index (χ2v) is 2.46. The maximum atomic E-state index is 5.69. The number of rotatable bonds is 1. The lowest BCUT2D eigenvalue weighted by molar-refractivity contribution is 1.23. The molecule has 0 heterocycles. The van der Waals surface area contributed by atoms with Gasteiger partial charge >= 0.3 is 0 Å². The number of amidine groups is 1. The lowest BCUT2D eigenvalue weighted by Crippen LogP contribution is -2.15. The third-order valence-electron chi connectivity index (χ3n) is 1.26. The molecule has 0 radical (unpaired) electrons. The average molecular weight is 170 g/mol. The molecule has 0 aliphatic rings. The predicted molar refractivity (Wildman–Crippen MR) is 46.4 cm³/mol. The summed E-state index contributed by atoms with van der Waals surface area (Å²) in [5.74, 6) is 5.26. The van der Waals surface area contributed by atoms with E-state index in [4.69, 9.17) is 23.2 Å². The van der Waals surface area contributed by atoms with Crippen molar-refractivity contribution in [3.8, 4) is 0 Å². The Morgan fingerprint density at radius 3 is 2.73 bits per heavy atom. The van der Waals surface area contributed by atoms with E-state index in [0.29, 0.717) is 5.02 Å². The summed E-state index contributed by atoms with van der Waals surface area (Å²) in [5.41, 5.74) is 6.17. The highest BCUT2D eigenvalue weighted by Gasteiger charge is 1.96. The van der Waals surface area contributed by atoms with E-state index in [0.717, 1.165) is 5.56 Å². The van der Waals surface area contributed by atoms with Gasteiger partial charge in [-0.3, -0.25) is 0 Å². The zero-order valence-corrected chi connectivity index (χ0v) is 6.55. The van der Waals surface area contributed by atoms with Gasteiger partial charge in [0.2, 0.25) is 0 Å². The van der Waals surface area contributed by atoms with Gasteiger partial charge in [0, 0.05) is 10.6 Å². The van der Waals surface area contributed by atoms with Crippen LogP contribution in [0.1, 0.15) is 5.56 Å². The van der Waals surface area contributed by atoms with Crippen molar-refractivity contribution in [1.29, 1.82) is 0 Å². The fraction of sp³-hybridized carbons (Fsp3) is 0. The zero-order chi connectivity index (χ0) is 8.27. The number of hydrazone groups is 1. The van der Waals surface area contributed by atoms with Crippen LogP contribution in [0.5, 0.6) is 0 Å². The van der Waals surface area contributed by atoms with Crippen LogP contribution in [0.2, 0.25) is 5.02 Å². The minimum atomic E-state index is 0.285. The van der Waals surface area contributed by atoms with Gasteiger partial charge in [-0.1, -0.05) is 23.7 Å². The maximum absolute atomic E-state index is 5.69. The Balaban J connectivity index is 3.06. The van der Waals surface area contributed by atoms with Gasteiger partial charge in [0.15, 0.2) is 0 Å². The van der Waals surface area contributed by atoms with Gasteiger partial charge in [-0.05, 0) is 12.1 Å². The Morgan fingerprint density at radius 2 is 2.18 bits per heavy atom. The molecule has 0 amide bonds. The van der Waals surface area contributed by atoms with E-state index in [9.17, 15) is 0 Å². The molecule has 0 fully saturated rings. The van der Waals surface area contributed by atoms with E-state index in [1.165, 1.54) is 0 Å². The van der Waals surface area contributed by atoms with Gasteiger partial charge in [-0.25, -0.2) is 0 Å². The van der Waals surface area contributed by atoms with Crippen LogP contribution in [-0.4, -0.2) is 5.84 Å². The quantitative estimate of drug-likeness (QED) is 0.284. The van der Waals surface area contributed by atoms with Gasteiger partial charge in [0.25, 0.3) is 0 Å². The molecule has 1 aromatic carbocycles. The first kappa shape index (κ1) is 7.88. The third-order valence-corrected chi connectivity index (χ3v) is 1.49. The molecule has 11 heavy (non-hydrogen) atoms. The van der Waals surface area contributed by atoms with Gasteiger partial charge in [0.05, 0.1) is 0 Å². The van der Waals surface area contributed by atoms with Crippen molar-refractivity contribution in [1.82, 2.24) is 0 Å². The highest BCUT2D eigenvalue weighted by atomic mass is 35.5. The molecule has 0 aromatic heterocycles. The van der Waals surface area contributed by atoms with Crippen molar-refractivity contribution >= 4 is 17.4 Å². The van der Waals surface area contributed by atoms with Crippen LogP contribution in [0.4, 0.5) is 0 Å². The van der Waals surface area contributed by atoms with Crippen LogP contribution in [0.15, 0.2) is 29.4 Å². The van der Waals surface area contributed by atoms with E-state index in [1.54, 1.807) is 24.3 Å². The van der Waals surface area contributed by atoms with E-state index in [2.05, 4.69) is 5.10 Å². The smallest absolute Gasteiger partial charge is 0.150 e. The number of hydrogen-bond acceptors (Lipinski definition) is 2. The number of benzene rings is 1.